The Morgan fingerprint density at radius 3 is 1.44 bits per heavy atom. The first-order valence-electron chi connectivity index (χ1n) is 22.5. The van der Waals surface area contributed by atoms with Crippen LogP contribution in [0.15, 0.2) is 36.5 Å². The number of esters is 2. The second-order valence-corrected chi connectivity index (χ2v) is 16.4. The Morgan fingerprint density at radius 1 is 0.545 bits per heavy atom. The van der Waals surface area contributed by atoms with Crippen LogP contribution in [0.4, 0.5) is 0 Å². The number of hydrogen-bond donors (Lipinski definition) is 2. The highest BCUT2D eigenvalue weighted by Gasteiger charge is 2.26. The molecule has 0 spiro atoms. The van der Waals surface area contributed by atoms with E-state index in [0.717, 1.165) is 57.8 Å². The van der Waals surface area contributed by atoms with E-state index in [2.05, 4.69) is 50.3 Å². The predicted octanol–water partition coefficient (Wildman–Crippen LogP) is 12.9. The van der Waals surface area contributed by atoms with Crippen molar-refractivity contribution in [2.75, 3.05) is 26.4 Å². The largest absolute Gasteiger partial charge is 0.472 e. The molecule has 0 aliphatic heterocycles. The molecule has 0 rings (SSSR count). The minimum absolute atomic E-state index is 0.0499. The number of ether oxygens (including phenoxy) is 2. The molecule has 0 aliphatic carbocycles. The molecule has 0 fully saturated rings. The van der Waals surface area contributed by atoms with Crippen LogP contribution in [0.25, 0.3) is 0 Å². The van der Waals surface area contributed by atoms with Crippen molar-refractivity contribution in [3.63, 3.8) is 0 Å². The highest BCUT2D eigenvalue weighted by Crippen LogP contribution is 2.43. The lowest BCUT2D eigenvalue weighted by atomic mass is 10.0. The standard InChI is InChI=1S/C45H84NO8P/c1-3-5-7-9-11-13-15-17-19-21-23-25-27-29-31-33-35-37-44(47)51-41-43(42-53-55(49,50)52-40-39-46)54-45(48)38-36-34-32-30-28-26-24-22-20-18-16-14-12-10-8-6-4-2/h12,14,18,20,24,26,43H,3-11,13,15-17,19,21-23,25,27-42,46H2,1-2H3,(H,49,50)/b14-12-,20-18-,26-24-/t43-/m1/s1. The maximum atomic E-state index is 12.6. The molecule has 0 amide bonds. The van der Waals surface area contributed by atoms with Crippen LogP contribution < -0.4 is 5.73 Å². The van der Waals surface area contributed by atoms with Gasteiger partial charge in [0, 0.05) is 19.4 Å². The zero-order chi connectivity index (χ0) is 40.3. The molecule has 3 N–H and O–H groups in total. The van der Waals surface area contributed by atoms with Gasteiger partial charge in [-0.25, -0.2) is 4.57 Å². The summed E-state index contributed by atoms with van der Waals surface area (Å²) in [7, 11) is -4.38. The number of nitrogens with two attached hydrogens (primary N) is 1. The molecule has 322 valence electrons. The van der Waals surface area contributed by atoms with Crippen LogP contribution in [0.3, 0.4) is 0 Å². The van der Waals surface area contributed by atoms with Gasteiger partial charge >= 0.3 is 19.8 Å². The van der Waals surface area contributed by atoms with E-state index in [0.29, 0.717) is 6.42 Å². The Morgan fingerprint density at radius 2 is 0.945 bits per heavy atom. The third-order valence-corrected chi connectivity index (χ3v) is 10.5. The van der Waals surface area contributed by atoms with E-state index in [1.807, 2.05) is 0 Å². The molecule has 0 saturated heterocycles. The van der Waals surface area contributed by atoms with Crippen molar-refractivity contribution in [3.05, 3.63) is 36.5 Å². The van der Waals surface area contributed by atoms with E-state index >= 15 is 0 Å². The molecular weight excluding hydrogens is 713 g/mol. The maximum absolute atomic E-state index is 12.6. The molecule has 2 atom stereocenters. The quantitative estimate of drug-likeness (QED) is 0.0268. The summed E-state index contributed by atoms with van der Waals surface area (Å²) in [4.78, 5) is 34.9. The van der Waals surface area contributed by atoms with Crippen LogP contribution in [0.5, 0.6) is 0 Å². The van der Waals surface area contributed by atoms with Gasteiger partial charge in [0.15, 0.2) is 6.10 Å². The number of phosphoric acid groups is 1. The lowest BCUT2D eigenvalue weighted by Gasteiger charge is -2.19. The molecule has 10 heteroatoms. The summed E-state index contributed by atoms with van der Waals surface area (Å²) in [5.41, 5.74) is 5.35. The monoisotopic (exact) mass is 798 g/mol. The van der Waals surface area contributed by atoms with Crippen LogP contribution in [-0.4, -0.2) is 49.3 Å². The molecule has 1 unspecified atom stereocenters. The fourth-order valence-corrected chi connectivity index (χ4v) is 6.94. The van der Waals surface area contributed by atoms with Gasteiger partial charge < -0.3 is 20.1 Å². The lowest BCUT2D eigenvalue weighted by molar-refractivity contribution is -0.161. The van der Waals surface area contributed by atoms with Crippen LogP contribution in [-0.2, 0) is 32.7 Å². The topological polar surface area (TPSA) is 134 Å². The Kier molecular flexibility index (Phi) is 40.5. The van der Waals surface area contributed by atoms with Crippen molar-refractivity contribution in [2.24, 2.45) is 5.73 Å². The van der Waals surface area contributed by atoms with Gasteiger partial charge in [-0.3, -0.25) is 18.6 Å². The van der Waals surface area contributed by atoms with E-state index < -0.39 is 26.5 Å². The van der Waals surface area contributed by atoms with Crippen molar-refractivity contribution in [1.29, 1.82) is 0 Å². The first kappa shape index (κ1) is 53.2. The molecule has 0 aliphatic rings. The molecule has 9 nitrogen and oxygen atoms in total. The normalized spacial score (nSPS) is 13.6. The van der Waals surface area contributed by atoms with Crippen molar-refractivity contribution in [2.45, 2.75) is 213 Å². The zero-order valence-corrected chi connectivity index (χ0v) is 36.3. The summed E-state index contributed by atoms with van der Waals surface area (Å²) in [5, 5.41) is 0. The predicted molar refractivity (Wildman–Crippen MR) is 229 cm³/mol. The number of phosphoric ester groups is 1. The van der Waals surface area contributed by atoms with Gasteiger partial charge in [0.1, 0.15) is 6.61 Å². The summed E-state index contributed by atoms with van der Waals surface area (Å²) in [6, 6.07) is 0. The molecule has 0 aromatic carbocycles. The highest BCUT2D eigenvalue weighted by molar-refractivity contribution is 7.47. The molecule has 0 heterocycles. The summed E-state index contributed by atoms with van der Waals surface area (Å²) in [6.07, 6.45) is 46.0. The van der Waals surface area contributed by atoms with Crippen molar-refractivity contribution in [3.8, 4) is 0 Å². The second-order valence-electron chi connectivity index (χ2n) is 14.9. The first-order valence-corrected chi connectivity index (χ1v) is 24.0. The summed E-state index contributed by atoms with van der Waals surface area (Å²) in [6.45, 7) is 3.70. The van der Waals surface area contributed by atoms with Crippen LogP contribution in [0, 0.1) is 0 Å². The molecular formula is C45H84NO8P. The number of unbranched alkanes of at least 4 members (excludes halogenated alkanes) is 23. The number of hydrogen-bond acceptors (Lipinski definition) is 8. The highest BCUT2D eigenvalue weighted by atomic mass is 31.2. The fourth-order valence-electron chi connectivity index (χ4n) is 6.17. The van der Waals surface area contributed by atoms with E-state index in [-0.39, 0.29) is 38.6 Å². The van der Waals surface area contributed by atoms with Crippen LogP contribution in [0.2, 0.25) is 0 Å². The summed E-state index contributed by atoms with van der Waals surface area (Å²) >= 11 is 0. The van der Waals surface area contributed by atoms with Gasteiger partial charge in [0.25, 0.3) is 0 Å². The number of carbonyl (C=O) groups excluding carboxylic acids is 2. The SMILES string of the molecule is CCCCC/C=C\C/C=C\C/C=C\CCCCCCC(=O)O[C@H](COC(=O)CCCCCCCCCCCCCCCCCCC)COP(=O)(O)OCCN. The minimum atomic E-state index is -4.38. The Balaban J connectivity index is 4.16. The van der Waals surface area contributed by atoms with Crippen molar-refractivity contribution >= 4 is 19.8 Å². The van der Waals surface area contributed by atoms with Gasteiger partial charge in [-0.1, -0.05) is 179 Å². The lowest BCUT2D eigenvalue weighted by Crippen LogP contribution is -2.29. The van der Waals surface area contributed by atoms with Gasteiger partial charge in [-0.2, -0.15) is 0 Å². The van der Waals surface area contributed by atoms with Crippen molar-refractivity contribution in [1.82, 2.24) is 0 Å². The van der Waals surface area contributed by atoms with Crippen molar-refractivity contribution < 1.29 is 37.6 Å². The van der Waals surface area contributed by atoms with E-state index in [1.54, 1.807) is 0 Å². The van der Waals surface area contributed by atoms with E-state index in [9.17, 15) is 19.0 Å². The molecule has 55 heavy (non-hydrogen) atoms. The first-order chi connectivity index (χ1) is 26.8. The van der Waals surface area contributed by atoms with Gasteiger partial charge in [-0.05, 0) is 51.4 Å². The molecule has 0 saturated carbocycles. The van der Waals surface area contributed by atoms with E-state index in [4.69, 9.17) is 24.3 Å². The Hall–Kier alpha value is -1.77. The van der Waals surface area contributed by atoms with Crippen LogP contribution in [0.1, 0.15) is 206 Å². The summed E-state index contributed by atoms with van der Waals surface area (Å²) in [5.74, 6) is -0.847. The Bertz CT molecular complexity index is 1000. The fraction of sp³-hybridized carbons (Fsp3) is 0.822. The van der Waals surface area contributed by atoms with Gasteiger partial charge in [0.05, 0.1) is 13.2 Å². The summed E-state index contributed by atoms with van der Waals surface area (Å²) < 4.78 is 32.8. The molecule has 0 aromatic rings. The molecule has 0 bridgehead atoms. The minimum Gasteiger partial charge on any atom is -0.462 e. The smallest absolute Gasteiger partial charge is 0.462 e. The Labute approximate surface area is 337 Å². The number of allylic oxidation sites excluding steroid dienone is 6. The average Bonchev–Trinajstić information content (AvgIpc) is 3.17. The second kappa shape index (κ2) is 41.9. The van der Waals surface area contributed by atoms with Gasteiger partial charge in [0.2, 0.25) is 0 Å². The number of rotatable bonds is 42. The molecule has 0 aromatic heterocycles. The van der Waals surface area contributed by atoms with Gasteiger partial charge in [-0.15, -0.1) is 0 Å². The van der Waals surface area contributed by atoms with Crippen LogP contribution >= 0.6 is 7.82 Å². The third-order valence-electron chi connectivity index (χ3n) is 9.53. The molecule has 0 radical (unpaired) electrons. The maximum Gasteiger partial charge on any atom is 0.472 e. The van der Waals surface area contributed by atoms with E-state index in [1.165, 1.54) is 116 Å². The average molecular weight is 798 g/mol. The zero-order valence-electron chi connectivity index (χ0n) is 35.4. The third kappa shape index (κ3) is 41.7. The number of carbonyl (C=O) groups is 2.